The van der Waals surface area contributed by atoms with E-state index in [-0.39, 0.29) is 0 Å². The minimum atomic E-state index is -0.441. The van der Waals surface area contributed by atoms with Gasteiger partial charge in [0, 0.05) is 25.8 Å². The van der Waals surface area contributed by atoms with Gasteiger partial charge < -0.3 is 9.84 Å². The lowest BCUT2D eigenvalue weighted by atomic mass is 10.0. The summed E-state index contributed by atoms with van der Waals surface area (Å²) in [6.45, 7) is 4.71. The zero-order valence-electron chi connectivity index (χ0n) is 15.0. The van der Waals surface area contributed by atoms with Crippen molar-refractivity contribution in [2.75, 3.05) is 26.7 Å². The van der Waals surface area contributed by atoms with Crippen molar-refractivity contribution in [1.82, 2.24) is 9.88 Å². The van der Waals surface area contributed by atoms with Crippen LogP contribution in [0.3, 0.4) is 0 Å². The fraction of sp³-hybridized carbons (Fsp3) is 0.381. The molecule has 0 fully saturated rings. The average molecular weight is 338 g/mol. The monoisotopic (exact) mass is 338 g/mol. The Labute approximate surface area is 149 Å². The van der Waals surface area contributed by atoms with E-state index in [1.807, 2.05) is 42.6 Å². The molecule has 1 aliphatic heterocycles. The molecule has 0 bridgehead atoms. The second-order valence-corrected chi connectivity index (χ2v) is 6.63. The topological polar surface area (TPSA) is 45.6 Å². The molecule has 1 aromatic heterocycles. The highest BCUT2D eigenvalue weighted by atomic mass is 16.5. The lowest BCUT2D eigenvalue weighted by Gasteiger charge is -2.22. The SMILES string of the molecule is COc1ccc2c(c1)CCN(CC/C(C)=C/c1ccccn1)CC2O. The quantitative estimate of drug-likeness (QED) is 0.907. The summed E-state index contributed by atoms with van der Waals surface area (Å²) in [6.07, 6.45) is 5.42. The first-order chi connectivity index (χ1) is 12.2. The molecular formula is C21H26N2O2. The molecular weight excluding hydrogens is 312 g/mol. The smallest absolute Gasteiger partial charge is 0.119 e. The molecule has 2 heterocycles. The molecule has 132 valence electrons. The molecule has 4 heteroatoms. The predicted octanol–water partition coefficient (Wildman–Crippen LogP) is 3.48. The van der Waals surface area contributed by atoms with Crippen molar-refractivity contribution in [1.29, 1.82) is 0 Å². The van der Waals surface area contributed by atoms with Crippen molar-refractivity contribution in [2.45, 2.75) is 25.9 Å². The molecule has 25 heavy (non-hydrogen) atoms. The van der Waals surface area contributed by atoms with Crippen LogP contribution < -0.4 is 4.74 Å². The minimum absolute atomic E-state index is 0.441. The summed E-state index contributed by atoms with van der Waals surface area (Å²) < 4.78 is 5.31. The molecule has 1 atom stereocenters. The van der Waals surface area contributed by atoms with Gasteiger partial charge in [0.15, 0.2) is 0 Å². The largest absolute Gasteiger partial charge is 0.497 e. The van der Waals surface area contributed by atoms with Gasteiger partial charge in [-0.1, -0.05) is 17.7 Å². The number of fused-ring (bicyclic) bond motifs is 1. The van der Waals surface area contributed by atoms with Crippen LogP contribution in [-0.2, 0) is 6.42 Å². The summed E-state index contributed by atoms with van der Waals surface area (Å²) in [5.74, 6) is 0.855. The van der Waals surface area contributed by atoms with Crippen molar-refractivity contribution in [3.8, 4) is 5.75 Å². The van der Waals surface area contributed by atoms with Gasteiger partial charge in [0.2, 0.25) is 0 Å². The van der Waals surface area contributed by atoms with E-state index in [0.717, 1.165) is 42.9 Å². The fourth-order valence-corrected chi connectivity index (χ4v) is 3.29. The average Bonchev–Trinajstić information content (AvgIpc) is 2.79. The first kappa shape index (κ1) is 17.6. The first-order valence-corrected chi connectivity index (χ1v) is 8.81. The Morgan fingerprint density at radius 1 is 1.36 bits per heavy atom. The molecule has 0 saturated heterocycles. The van der Waals surface area contributed by atoms with E-state index in [1.54, 1.807) is 7.11 Å². The van der Waals surface area contributed by atoms with Gasteiger partial charge in [-0.15, -0.1) is 0 Å². The molecule has 0 aliphatic carbocycles. The Morgan fingerprint density at radius 3 is 3.00 bits per heavy atom. The number of β-amino-alcohol motifs (C(OH)–C–C–N with tert-alkyl or cyclic N) is 1. The van der Waals surface area contributed by atoms with Gasteiger partial charge in [0.05, 0.1) is 18.9 Å². The Kier molecular flexibility index (Phi) is 5.84. The minimum Gasteiger partial charge on any atom is -0.497 e. The van der Waals surface area contributed by atoms with Crippen LogP contribution in [0.15, 0.2) is 48.2 Å². The second kappa shape index (κ2) is 8.28. The zero-order valence-corrected chi connectivity index (χ0v) is 15.0. The number of pyridine rings is 1. The zero-order chi connectivity index (χ0) is 17.6. The summed E-state index contributed by atoms with van der Waals surface area (Å²) in [5.41, 5.74) is 4.52. The number of hydrogen-bond donors (Lipinski definition) is 1. The third-order valence-electron chi connectivity index (χ3n) is 4.74. The van der Waals surface area contributed by atoms with Crippen molar-refractivity contribution in [3.05, 3.63) is 65.0 Å². The van der Waals surface area contributed by atoms with Crippen LogP contribution in [0, 0.1) is 0 Å². The molecule has 1 N–H and O–H groups in total. The van der Waals surface area contributed by atoms with Crippen LogP contribution >= 0.6 is 0 Å². The molecule has 0 radical (unpaired) electrons. The molecule has 0 spiro atoms. The Bertz CT molecular complexity index is 728. The highest BCUT2D eigenvalue weighted by molar-refractivity contribution is 5.47. The molecule has 4 nitrogen and oxygen atoms in total. The van der Waals surface area contributed by atoms with Gasteiger partial charge in [-0.25, -0.2) is 0 Å². The number of hydrogen-bond acceptors (Lipinski definition) is 4. The molecule has 2 aromatic rings. The number of methoxy groups -OCH3 is 1. The van der Waals surface area contributed by atoms with Crippen LogP contribution in [0.25, 0.3) is 6.08 Å². The third kappa shape index (κ3) is 4.68. The van der Waals surface area contributed by atoms with Gasteiger partial charge in [-0.2, -0.15) is 0 Å². The van der Waals surface area contributed by atoms with Crippen LogP contribution in [0.5, 0.6) is 5.75 Å². The first-order valence-electron chi connectivity index (χ1n) is 8.81. The summed E-state index contributed by atoms with van der Waals surface area (Å²) in [6, 6.07) is 11.9. The third-order valence-corrected chi connectivity index (χ3v) is 4.74. The number of benzene rings is 1. The van der Waals surface area contributed by atoms with E-state index in [9.17, 15) is 5.11 Å². The van der Waals surface area contributed by atoms with Gasteiger partial charge in [-0.05, 0) is 61.2 Å². The lowest BCUT2D eigenvalue weighted by molar-refractivity contribution is 0.121. The number of ether oxygens (including phenoxy) is 1. The van der Waals surface area contributed by atoms with Crippen LogP contribution in [0.1, 0.15) is 36.3 Å². The van der Waals surface area contributed by atoms with Crippen molar-refractivity contribution in [2.24, 2.45) is 0 Å². The second-order valence-electron chi connectivity index (χ2n) is 6.63. The normalized spacial score (nSPS) is 18.5. The van der Waals surface area contributed by atoms with E-state index in [1.165, 1.54) is 11.1 Å². The van der Waals surface area contributed by atoms with Crippen LogP contribution in [-0.4, -0.2) is 41.7 Å². The van der Waals surface area contributed by atoms with Crippen molar-refractivity contribution < 1.29 is 9.84 Å². The number of aliphatic hydroxyl groups is 1. The van der Waals surface area contributed by atoms with Crippen LogP contribution in [0.2, 0.25) is 0 Å². The van der Waals surface area contributed by atoms with Gasteiger partial charge in [0.25, 0.3) is 0 Å². The lowest BCUT2D eigenvalue weighted by Crippen LogP contribution is -2.29. The Hall–Kier alpha value is -2.17. The van der Waals surface area contributed by atoms with E-state index in [4.69, 9.17) is 4.74 Å². The van der Waals surface area contributed by atoms with Gasteiger partial charge >= 0.3 is 0 Å². The van der Waals surface area contributed by atoms with E-state index in [0.29, 0.717) is 6.54 Å². The summed E-state index contributed by atoms with van der Waals surface area (Å²) in [5, 5.41) is 10.6. The molecule has 1 aromatic carbocycles. The standard InChI is InChI=1S/C21H26N2O2/c1-16(13-18-5-3-4-10-22-18)8-11-23-12-9-17-14-19(25-2)6-7-20(17)21(24)15-23/h3-7,10,13-14,21,24H,8-9,11-12,15H2,1-2H3/b16-13+. The number of nitrogens with zero attached hydrogens (tertiary/aromatic N) is 2. The maximum atomic E-state index is 10.6. The fourth-order valence-electron chi connectivity index (χ4n) is 3.29. The Balaban J connectivity index is 1.61. The summed E-state index contributed by atoms with van der Waals surface area (Å²) in [7, 11) is 1.68. The van der Waals surface area contributed by atoms with E-state index < -0.39 is 6.10 Å². The molecule has 3 rings (SSSR count). The van der Waals surface area contributed by atoms with Crippen molar-refractivity contribution in [3.63, 3.8) is 0 Å². The highest BCUT2D eigenvalue weighted by Gasteiger charge is 2.21. The number of aromatic nitrogens is 1. The van der Waals surface area contributed by atoms with E-state index in [2.05, 4.69) is 22.9 Å². The highest BCUT2D eigenvalue weighted by Crippen LogP contribution is 2.27. The van der Waals surface area contributed by atoms with Gasteiger partial charge in [0.1, 0.15) is 5.75 Å². The summed E-state index contributed by atoms with van der Waals surface area (Å²) >= 11 is 0. The molecule has 0 amide bonds. The molecule has 1 aliphatic rings. The van der Waals surface area contributed by atoms with E-state index >= 15 is 0 Å². The Morgan fingerprint density at radius 2 is 2.24 bits per heavy atom. The van der Waals surface area contributed by atoms with Gasteiger partial charge in [-0.3, -0.25) is 9.88 Å². The summed E-state index contributed by atoms with van der Waals surface area (Å²) in [4.78, 5) is 6.68. The number of aliphatic hydroxyl groups excluding tert-OH is 1. The maximum absolute atomic E-state index is 10.6. The maximum Gasteiger partial charge on any atom is 0.119 e. The van der Waals surface area contributed by atoms with Crippen LogP contribution in [0.4, 0.5) is 0 Å². The van der Waals surface area contributed by atoms with Crippen molar-refractivity contribution >= 4 is 6.08 Å². The molecule has 1 unspecified atom stereocenters. The number of rotatable bonds is 5. The predicted molar refractivity (Wildman–Crippen MR) is 101 cm³/mol. The molecule has 0 saturated carbocycles.